The van der Waals surface area contributed by atoms with E-state index in [4.69, 9.17) is 9.15 Å². The first-order chi connectivity index (χ1) is 14.2. The van der Waals surface area contributed by atoms with E-state index in [-0.39, 0.29) is 11.9 Å². The van der Waals surface area contributed by atoms with Crippen LogP contribution >= 0.6 is 0 Å². The molecule has 1 aromatic heterocycles. The van der Waals surface area contributed by atoms with Crippen LogP contribution in [-0.4, -0.2) is 26.1 Å². The molecular formula is C24H27N2O3+. The van der Waals surface area contributed by atoms with Gasteiger partial charge in [0.05, 0.1) is 32.9 Å². The van der Waals surface area contributed by atoms with E-state index in [1.807, 2.05) is 36.4 Å². The minimum Gasteiger partial charge on any atom is -0.497 e. The molecule has 0 spiro atoms. The molecule has 0 saturated heterocycles. The monoisotopic (exact) mass is 391 g/mol. The molecule has 1 amide bonds. The lowest BCUT2D eigenvalue weighted by atomic mass is 9.98. The Labute approximate surface area is 171 Å². The van der Waals surface area contributed by atoms with Crippen molar-refractivity contribution in [3.05, 3.63) is 89.4 Å². The van der Waals surface area contributed by atoms with Crippen LogP contribution < -0.4 is 15.0 Å². The summed E-state index contributed by atoms with van der Waals surface area (Å²) in [5.41, 5.74) is 3.78. The van der Waals surface area contributed by atoms with Crippen molar-refractivity contribution in [3.8, 4) is 5.75 Å². The quantitative estimate of drug-likeness (QED) is 0.650. The maximum absolute atomic E-state index is 12.5. The molecule has 5 heteroatoms. The maximum atomic E-state index is 12.5. The van der Waals surface area contributed by atoms with Gasteiger partial charge in [0.2, 0.25) is 5.91 Å². The first-order valence-corrected chi connectivity index (χ1v) is 10.1. The molecule has 29 heavy (non-hydrogen) atoms. The lowest BCUT2D eigenvalue weighted by Gasteiger charge is -2.31. The number of ether oxygens (including phenoxy) is 1. The second kappa shape index (κ2) is 8.97. The van der Waals surface area contributed by atoms with Gasteiger partial charge in [-0.25, -0.2) is 0 Å². The molecule has 2 heterocycles. The lowest BCUT2D eigenvalue weighted by Crippen LogP contribution is -3.12. The van der Waals surface area contributed by atoms with Crippen LogP contribution in [0.5, 0.6) is 5.75 Å². The first-order valence-electron chi connectivity index (χ1n) is 10.1. The fourth-order valence-electron chi connectivity index (χ4n) is 4.04. The number of carbonyl (C=O) groups is 1. The molecule has 5 nitrogen and oxygen atoms in total. The maximum Gasteiger partial charge on any atom is 0.224 e. The third-order valence-electron chi connectivity index (χ3n) is 5.66. The van der Waals surface area contributed by atoms with Crippen LogP contribution in [0.15, 0.2) is 71.3 Å². The van der Waals surface area contributed by atoms with Crippen molar-refractivity contribution >= 4 is 5.91 Å². The van der Waals surface area contributed by atoms with Gasteiger partial charge in [0.25, 0.3) is 0 Å². The van der Waals surface area contributed by atoms with E-state index in [1.54, 1.807) is 13.4 Å². The average Bonchev–Trinajstić information content (AvgIpc) is 3.29. The standard InChI is InChI=1S/C24H26N2O3/c1-28-21-10-8-18(9-11-21)15-24(27)25-16-22(23-7-4-14-29-23)26-13-12-19-5-2-3-6-20(19)17-26/h2-11,14,22H,12-13,15-17H2,1H3,(H,25,27)/p+1/t22-/m1/s1. The molecule has 2 N–H and O–H groups in total. The molecular weight excluding hydrogens is 364 g/mol. The number of fused-ring (bicyclic) bond motifs is 1. The average molecular weight is 391 g/mol. The van der Waals surface area contributed by atoms with Crippen LogP contribution in [0.3, 0.4) is 0 Å². The number of benzene rings is 2. The second-order valence-corrected chi connectivity index (χ2v) is 7.50. The Morgan fingerprint density at radius 3 is 2.62 bits per heavy atom. The van der Waals surface area contributed by atoms with E-state index in [1.165, 1.54) is 16.0 Å². The summed E-state index contributed by atoms with van der Waals surface area (Å²) in [4.78, 5) is 14.0. The number of rotatable bonds is 7. The number of amides is 1. The predicted octanol–water partition coefficient (Wildman–Crippen LogP) is 2.33. The van der Waals surface area contributed by atoms with E-state index < -0.39 is 0 Å². The van der Waals surface area contributed by atoms with E-state index in [2.05, 4.69) is 29.6 Å². The van der Waals surface area contributed by atoms with Gasteiger partial charge in [0, 0.05) is 12.0 Å². The fourth-order valence-corrected chi connectivity index (χ4v) is 4.04. The minimum absolute atomic E-state index is 0.0172. The molecule has 0 saturated carbocycles. The van der Waals surface area contributed by atoms with Crippen molar-refractivity contribution in [2.24, 2.45) is 0 Å². The van der Waals surface area contributed by atoms with Crippen LogP contribution in [-0.2, 0) is 24.2 Å². The smallest absolute Gasteiger partial charge is 0.224 e. The number of furan rings is 1. The van der Waals surface area contributed by atoms with Gasteiger partial charge in [-0.1, -0.05) is 36.4 Å². The Hall–Kier alpha value is -3.05. The van der Waals surface area contributed by atoms with Crippen molar-refractivity contribution < 1.29 is 18.8 Å². The van der Waals surface area contributed by atoms with Crippen LogP contribution in [0.2, 0.25) is 0 Å². The SMILES string of the molecule is COc1ccc(CC(=O)NC[C@H](c2ccco2)[NH+]2CCc3ccccc3C2)cc1. The molecule has 0 bridgehead atoms. The highest BCUT2D eigenvalue weighted by Gasteiger charge is 2.30. The van der Waals surface area contributed by atoms with Gasteiger partial charge >= 0.3 is 0 Å². The van der Waals surface area contributed by atoms with Crippen molar-refractivity contribution in [1.82, 2.24) is 5.32 Å². The summed E-state index contributed by atoms with van der Waals surface area (Å²) in [6, 6.07) is 20.2. The van der Waals surface area contributed by atoms with Gasteiger partial charge < -0.3 is 19.4 Å². The minimum atomic E-state index is 0.0172. The molecule has 1 aliphatic heterocycles. The zero-order chi connectivity index (χ0) is 20.1. The third kappa shape index (κ3) is 4.69. The summed E-state index contributed by atoms with van der Waals surface area (Å²) < 4.78 is 10.9. The number of carbonyl (C=O) groups excluding carboxylic acids is 1. The number of quaternary nitrogens is 1. The first kappa shape index (κ1) is 19.3. The van der Waals surface area contributed by atoms with Crippen LogP contribution in [0.4, 0.5) is 0 Å². The van der Waals surface area contributed by atoms with Gasteiger partial charge in [-0.3, -0.25) is 4.79 Å². The number of methoxy groups -OCH3 is 1. The summed E-state index contributed by atoms with van der Waals surface area (Å²) in [6.45, 7) is 2.52. The van der Waals surface area contributed by atoms with Crippen LogP contribution in [0.1, 0.15) is 28.5 Å². The lowest BCUT2D eigenvalue weighted by molar-refractivity contribution is -0.946. The molecule has 150 valence electrons. The highest BCUT2D eigenvalue weighted by Crippen LogP contribution is 2.16. The van der Waals surface area contributed by atoms with E-state index in [9.17, 15) is 4.79 Å². The van der Waals surface area contributed by atoms with Gasteiger partial charge in [-0.15, -0.1) is 0 Å². The summed E-state index contributed by atoms with van der Waals surface area (Å²) in [7, 11) is 1.64. The molecule has 0 radical (unpaired) electrons. The number of nitrogens with one attached hydrogen (secondary N) is 2. The Morgan fingerprint density at radius 2 is 1.90 bits per heavy atom. The van der Waals surface area contributed by atoms with Gasteiger partial charge in [-0.2, -0.15) is 0 Å². The molecule has 3 aromatic rings. The summed E-state index contributed by atoms with van der Waals surface area (Å²) >= 11 is 0. The molecule has 0 aliphatic carbocycles. The number of hydrogen-bond acceptors (Lipinski definition) is 3. The number of hydrogen-bond donors (Lipinski definition) is 2. The summed E-state index contributed by atoms with van der Waals surface area (Å²) in [5, 5.41) is 3.12. The van der Waals surface area contributed by atoms with Crippen molar-refractivity contribution in [1.29, 1.82) is 0 Å². The van der Waals surface area contributed by atoms with Crippen LogP contribution in [0, 0.1) is 0 Å². The topological polar surface area (TPSA) is 55.9 Å². The van der Waals surface area contributed by atoms with Gasteiger partial charge in [-0.05, 0) is 35.4 Å². The van der Waals surface area contributed by atoms with Crippen molar-refractivity contribution in [2.75, 3.05) is 20.2 Å². The van der Waals surface area contributed by atoms with Gasteiger partial charge in [0.15, 0.2) is 11.8 Å². The third-order valence-corrected chi connectivity index (χ3v) is 5.66. The molecule has 2 atom stereocenters. The summed E-state index contributed by atoms with van der Waals surface area (Å²) in [5.74, 6) is 1.73. The fraction of sp³-hybridized carbons (Fsp3) is 0.292. The molecule has 2 aromatic carbocycles. The zero-order valence-electron chi connectivity index (χ0n) is 16.7. The van der Waals surface area contributed by atoms with E-state index in [0.717, 1.165) is 36.6 Å². The Bertz CT molecular complexity index is 935. The van der Waals surface area contributed by atoms with Crippen LogP contribution in [0.25, 0.3) is 0 Å². The van der Waals surface area contributed by atoms with E-state index >= 15 is 0 Å². The molecule has 1 unspecified atom stereocenters. The zero-order valence-corrected chi connectivity index (χ0v) is 16.7. The Balaban J connectivity index is 1.41. The largest absolute Gasteiger partial charge is 0.497 e. The Kier molecular flexibility index (Phi) is 5.96. The molecule has 0 fully saturated rings. The highest BCUT2D eigenvalue weighted by molar-refractivity contribution is 5.78. The normalized spacial score (nSPS) is 16.7. The molecule has 4 rings (SSSR count). The summed E-state index contributed by atoms with van der Waals surface area (Å²) in [6.07, 6.45) is 3.11. The van der Waals surface area contributed by atoms with Crippen molar-refractivity contribution in [3.63, 3.8) is 0 Å². The Morgan fingerprint density at radius 1 is 1.10 bits per heavy atom. The molecule has 1 aliphatic rings. The van der Waals surface area contributed by atoms with Gasteiger partial charge in [0.1, 0.15) is 12.3 Å². The van der Waals surface area contributed by atoms with E-state index in [0.29, 0.717) is 13.0 Å². The predicted molar refractivity (Wildman–Crippen MR) is 111 cm³/mol. The highest BCUT2D eigenvalue weighted by atomic mass is 16.5. The second-order valence-electron chi connectivity index (χ2n) is 7.50. The van der Waals surface area contributed by atoms with Crippen molar-refractivity contribution in [2.45, 2.75) is 25.4 Å².